The van der Waals surface area contributed by atoms with E-state index >= 15 is 0 Å². The molecule has 0 saturated carbocycles. The number of rotatable bonds is 10. The third-order valence-electron chi connectivity index (χ3n) is 4.54. The third-order valence-corrected chi connectivity index (χ3v) is 5.31. The van der Waals surface area contributed by atoms with Crippen LogP contribution in [0.5, 0.6) is 0 Å². The lowest BCUT2D eigenvalue weighted by Gasteiger charge is -2.29. The fraction of sp³-hybridized carbons (Fsp3) is 0.550. The molecule has 1 heterocycles. The number of carbonyl (C=O) groups is 1. The predicted octanol–water partition coefficient (Wildman–Crippen LogP) is 3.14. The van der Waals surface area contributed by atoms with Gasteiger partial charge in [-0.1, -0.05) is 12.1 Å². The fourth-order valence-corrected chi connectivity index (χ4v) is 3.66. The van der Waals surface area contributed by atoms with Crippen molar-refractivity contribution in [3.05, 3.63) is 46.8 Å². The second kappa shape index (κ2) is 11.3. The first-order valence-electron chi connectivity index (χ1n) is 9.19. The molecule has 1 aromatic carbocycles. The van der Waals surface area contributed by atoms with Crippen LogP contribution in [-0.4, -0.2) is 62.6 Å². The maximum absolute atomic E-state index is 13.3. The number of allylic oxidation sites excluding steroid dienone is 1. The standard InChI is InChI=1S/C20H30FN3O2S.H2/c1-23(12-19(27-3)10-16-5-4-6-18(21)9-16)14-22-15-26-13-17-7-8-20(25)24(2)11-17;/h4-6,9,12,17,22H,7-8,10-11,13-15H2,1-3H3;1H/b19-12-;. The van der Waals surface area contributed by atoms with Crippen molar-refractivity contribution < 1.29 is 15.3 Å². The number of nitrogens with one attached hydrogen (secondary N) is 1. The van der Waals surface area contributed by atoms with E-state index in [4.69, 9.17) is 4.74 Å². The number of carbonyl (C=O) groups excluding carboxylic acids is 1. The summed E-state index contributed by atoms with van der Waals surface area (Å²) in [4.78, 5) is 16.5. The van der Waals surface area contributed by atoms with Gasteiger partial charge in [-0.25, -0.2) is 4.39 Å². The van der Waals surface area contributed by atoms with E-state index in [9.17, 15) is 9.18 Å². The van der Waals surface area contributed by atoms with Crippen LogP contribution in [0.15, 0.2) is 35.4 Å². The largest absolute Gasteiger partial charge is 0.367 e. The number of halogens is 1. The smallest absolute Gasteiger partial charge is 0.222 e. The molecule has 1 aromatic rings. The van der Waals surface area contributed by atoms with Crippen LogP contribution >= 0.6 is 11.8 Å². The molecule has 1 amide bonds. The van der Waals surface area contributed by atoms with Crippen molar-refractivity contribution in [2.45, 2.75) is 19.3 Å². The van der Waals surface area contributed by atoms with E-state index in [1.807, 2.05) is 26.4 Å². The second-order valence-electron chi connectivity index (χ2n) is 6.97. The Hall–Kier alpha value is -1.57. The monoisotopic (exact) mass is 397 g/mol. The van der Waals surface area contributed by atoms with Crippen molar-refractivity contribution >= 4 is 17.7 Å². The summed E-state index contributed by atoms with van der Waals surface area (Å²) < 4.78 is 19.0. The van der Waals surface area contributed by atoms with Crippen LogP contribution < -0.4 is 5.32 Å². The summed E-state index contributed by atoms with van der Waals surface area (Å²) in [5.41, 5.74) is 0.969. The molecule has 1 aliphatic heterocycles. The maximum atomic E-state index is 13.3. The number of piperidine rings is 1. The molecule has 1 fully saturated rings. The Labute approximate surface area is 167 Å². The average Bonchev–Trinajstić information content (AvgIpc) is 2.63. The SMILES string of the molecule is CS/C(=C\N(C)CNCOCC1CCC(=O)N(C)C1)Cc1cccc(F)c1.[HH]. The number of ether oxygens (including phenoxy) is 1. The minimum absolute atomic E-state index is 0. The summed E-state index contributed by atoms with van der Waals surface area (Å²) >= 11 is 1.67. The fourth-order valence-electron chi connectivity index (χ4n) is 3.06. The average molecular weight is 398 g/mol. The molecule has 1 aliphatic rings. The van der Waals surface area contributed by atoms with Crippen LogP contribution in [0.25, 0.3) is 0 Å². The van der Waals surface area contributed by atoms with E-state index in [1.54, 1.807) is 28.8 Å². The molecule has 0 bridgehead atoms. The van der Waals surface area contributed by atoms with Gasteiger partial charge < -0.3 is 14.5 Å². The number of nitrogens with zero attached hydrogens (tertiary/aromatic N) is 2. The lowest BCUT2D eigenvalue weighted by molar-refractivity contribution is -0.133. The summed E-state index contributed by atoms with van der Waals surface area (Å²) in [5.74, 6) is 0.441. The normalized spacial score (nSPS) is 18.1. The van der Waals surface area contributed by atoms with E-state index in [2.05, 4.69) is 16.4 Å². The first-order valence-corrected chi connectivity index (χ1v) is 10.4. The molecule has 0 aliphatic carbocycles. The molecule has 1 saturated heterocycles. The zero-order chi connectivity index (χ0) is 19.6. The number of likely N-dealkylation sites (tertiary alicyclic amines) is 1. The van der Waals surface area contributed by atoms with Crippen LogP contribution in [0, 0.1) is 11.7 Å². The van der Waals surface area contributed by atoms with Gasteiger partial charge in [-0.2, -0.15) is 0 Å². The highest BCUT2D eigenvalue weighted by molar-refractivity contribution is 8.02. The van der Waals surface area contributed by atoms with Gasteiger partial charge in [0.05, 0.1) is 20.0 Å². The molecule has 27 heavy (non-hydrogen) atoms. The highest BCUT2D eigenvalue weighted by Crippen LogP contribution is 2.19. The van der Waals surface area contributed by atoms with Crippen molar-refractivity contribution in [1.82, 2.24) is 15.1 Å². The lowest BCUT2D eigenvalue weighted by Crippen LogP contribution is -2.39. The lowest BCUT2D eigenvalue weighted by atomic mass is 9.99. The molecule has 0 spiro atoms. The summed E-state index contributed by atoms with van der Waals surface area (Å²) in [6.45, 7) is 2.58. The minimum atomic E-state index is -0.200. The molecule has 1 N–H and O–H groups in total. The summed E-state index contributed by atoms with van der Waals surface area (Å²) in [6, 6.07) is 6.72. The zero-order valence-electron chi connectivity index (χ0n) is 16.4. The van der Waals surface area contributed by atoms with Gasteiger partial charge in [-0.3, -0.25) is 10.1 Å². The van der Waals surface area contributed by atoms with Crippen molar-refractivity contribution in [3.63, 3.8) is 0 Å². The van der Waals surface area contributed by atoms with Gasteiger partial charge in [0, 0.05) is 51.9 Å². The number of thioether (sulfide) groups is 1. The minimum Gasteiger partial charge on any atom is -0.367 e. The number of benzene rings is 1. The number of hydrogen-bond acceptors (Lipinski definition) is 5. The Morgan fingerprint density at radius 3 is 3.07 bits per heavy atom. The molecule has 7 heteroatoms. The van der Waals surface area contributed by atoms with Crippen LogP contribution in [0.2, 0.25) is 0 Å². The first kappa shape index (κ1) is 21.7. The Morgan fingerprint density at radius 2 is 2.37 bits per heavy atom. The molecule has 152 valence electrons. The predicted molar refractivity (Wildman–Crippen MR) is 111 cm³/mol. The van der Waals surface area contributed by atoms with Gasteiger partial charge in [0.2, 0.25) is 5.91 Å². The molecule has 0 aromatic heterocycles. The summed E-state index contributed by atoms with van der Waals surface area (Å²) in [6.07, 6.45) is 6.34. The van der Waals surface area contributed by atoms with Crippen LogP contribution in [0.4, 0.5) is 4.39 Å². The van der Waals surface area contributed by atoms with Crippen LogP contribution in [0.1, 0.15) is 19.8 Å². The Balaban J connectivity index is 0.00000392. The quantitative estimate of drug-likeness (QED) is 0.485. The zero-order valence-corrected chi connectivity index (χ0v) is 17.2. The van der Waals surface area contributed by atoms with Gasteiger partial charge in [0.15, 0.2) is 0 Å². The molecule has 1 unspecified atom stereocenters. The van der Waals surface area contributed by atoms with E-state index < -0.39 is 0 Å². The van der Waals surface area contributed by atoms with E-state index in [0.29, 0.717) is 38.8 Å². The van der Waals surface area contributed by atoms with Crippen molar-refractivity contribution in [2.24, 2.45) is 5.92 Å². The Morgan fingerprint density at radius 1 is 1.56 bits per heavy atom. The van der Waals surface area contributed by atoms with E-state index in [1.165, 1.54) is 11.0 Å². The third kappa shape index (κ3) is 7.91. The Kier molecular flexibility index (Phi) is 9.10. The van der Waals surface area contributed by atoms with Crippen molar-refractivity contribution in [3.8, 4) is 0 Å². The van der Waals surface area contributed by atoms with Gasteiger partial charge in [-0.15, -0.1) is 11.8 Å². The molecular weight excluding hydrogens is 365 g/mol. The maximum Gasteiger partial charge on any atom is 0.222 e. The summed E-state index contributed by atoms with van der Waals surface area (Å²) in [5, 5.41) is 3.26. The van der Waals surface area contributed by atoms with Gasteiger partial charge >= 0.3 is 0 Å². The topological polar surface area (TPSA) is 44.8 Å². The van der Waals surface area contributed by atoms with Crippen LogP contribution in [0.3, 0.4) is 0 Å². The molecule has 2 rings (SSSR count). The summed E-state index contributed by atoms with van der Waals surface area (Å²) in [7, 11) is 3.84. The van der Waals surface area contributed by atoms with E-state index in [-0.39, 0.29) is 13.2 Å². The van der Waals surface area contributed by atoms with Crippen molar-refractivity contribution in [2.75, 3.05) is 46.9 Å². The highest BCUT2D eigenvalue weighted by atomic mass is 32.2. The van der Waals surface area contributed by atoms with Gasteiger partial charge in [0.25, 0.3) is 0 Å². The number of hydrogen-bond donors (Lipinski definition) is 1. The highest BCUT2D eigenvalue weighted by Gasteiger charge is 2.22. The number of amides is 1. The van der Waals surface area contributed by atoms with E-state index in [0.717, 1.165) is 18.5 Å². The molecule has 5 nitrogen and oxygen atoms in total. The van der Waals surface area contributed by atoms with Gasteiger partial charge in [-0.05, 0) is 30.4 Å². The first-order chi connectivity index (χ1) is 13.0. The van der Waals surface area contributed by atoms with Crippen molar-refractivity contribution in [1.29, 1.82) is 0 Å². The second-order valence-corrected chi connectivity index (χ2v) is 7.90. The molecule has 0 radical (unpaired) electrons. The van der Waals surface area contributed by atoms with Crippen LogP contribution in [-0.2, 0) is 16.0 Å². The van der Waals surface area contributed by atoms with Gasteiger partial charge in [0.1, 0.15) is 5.82 Å². The Bertz CT molecular complexity index is 648. The molecular formula is C20H32FN3O2S. The molecule has 1 atom stereocenters.